The molecular formula is C16H16ClN3O3. The SMILES string of the molecule is CN(Cc1cnn(C)c1)C(=O)C=Cc1cc(Cl)c2c(c1)OCO2. The lowest BCUT2D eigenvalue weighted by molar-refractivity contribution is -0.125. The molecule has 0 bridgehead atoms. The Morgan fingerprint density at radius 2 is 2.30 bits per heavy atom. The number of amides is 1. The first-order valence-electron chi connectivity index (χ1n) is 7.03. The lowest BCUT2D eigenvalue weighted by Crippen LogP contribution is -2.23. The monoisotopic (exact) mass is 333 g/mol. The number of aromatic nitrogens is 2. The van der Waals surface area contributed by atoms with Crippen LogP contribution in [0, 0.1) is 0 Å². The Balaban J connectivity index is 1.67. The first-order chi connectivity index (χ1) is 11.0. The Morgan fingerprint density at radius 3 is 3.04 bits per heavy atom. The van der Waals surface area contributed by atoms with E-state index in [-0.39, 0.29) is 12.7 Å². The van der Waals surface area contributed by atoms with Gasteiger partial charge in [0.05, 0.1) is 11.2 Å². The molecule has 3 rings (SSSR count). The molecule has 1 aliphatic rings. The lowest BCUT2D eigenvalue weighted by Gasteiger charge is -2.13. The quantitative estimate of drug-likeness (QED) is 0.807. The largest absolute Gasteiger partial charge is 0.454 e. The summed E-state index contributed by atoms with van der Waals surface area (Å²) in [5, 5.41) is 4.55. The minimum Gasteiger partial charge on any atom is -0.454 e. The molecule has 7 heteroatoms. The highest BCUT2D eigenvalue weighted by atomic mass is 35.5. The van der Waals surface area contributed by atoms with E-state index in [1.54, 1.807) is 41.0 Å². The molecule has 0 spiro atoms. The Morgan fingerprint density at radius 1 is 1.48 bits per heavy atom. The first-order valence-corrected chi connectivity index (χ1v) is 7.40. The van der Waals surface area contributed by atoms with Crippen LogP contribution in [0.1, 0.15) is 11.1 Å². The van der Waals surface area contributed by atoms with Gasteiger partial charge in [0.1, 0.15) is 0 Å². The van der Waals surface area contributed by atoms with E-state index in [2.05, 4.69) is 5.10 Å². The molecule has 0 fully saturated rings. The zero-order chi connectivity index (χ0) is 16.4. The number of halogens is 1. The summed E-state index contributed by atoms with van der Waals surface area (Å²) in [7, 11) is 3.58. The number of benzene rings is 1. The van der Waals surface area contributed by atoms with Crippen LogP contribution in [-0.2, 0) is 18.4 Å². The predicted molar refractivity (Wildman–Crippen MR) is 86.3 cm³/mol. The van der Waals surface area contributed by atoms with E-state index in [1.807, 2.05) is 13.2 Å². The second-order valence-electron chi connectivity index (χ2n) is 5.29. The molecule has 1 aromatic carbocycles. The average Bonchev–Trinajstić information content (AvgIpc) is 3.14. The highest BCUT2D eigenvalue weighted by Gasteiger charge is 2.17. The van der Waals surface area contributed by atoms with Crippen molar-refractivity contribution in [3.05, 3.63) is 46.8 Å². The summed E-state index contributed by atoms with van der Waals surface area (Å²) >= 11 is 6.12. The van der Waals surface area contributed by atoms with Crippen LogP contribution >= 0.6 is 11.6 Å². The van der Waals surface area contributed by atoms with E-state index in [0.717, 1.165) is 11.1 Å². The molecule has 0 radical (unpaired) electrons. The van der Waals surface area contributed by atoms with E-state index in [0.29, 0.717) is 23.1 Å². The third-order valence-electron chi connectivity index (χ3n) is 3.42. The molecule has 120 valence electrons. The highest BCUT2D eigenvalue weighted by Crippen LogP contribution is 2.40. The number of nitrogens with zero attached hydrogens (tertiary/aromatic N) is 3. The van der Waals surface area contributed by atoms with Gasteiger partial charge in [-0.1, -0.05) is 11.6 Å². The van der Waals surface area contributed by atoms with E-state index in [4.69, 9.17) is 21.1 Å². The highest BCUT2D eigenvalue weighted by molar-refractivity contribution is 6.32. The number of ether oxygens (including phenoxy) is 2. The number of hydrogen-bond donors (Lipinski definition) is 0. The van der Waals surface area contributed by atoms with Gasteiger partial charge in [-0.05, 0) is 23.8 Å². The maximum Gasteiger partial charge on any atom is 0.246 e. The van der Waals surface area contributed by atoms with Gasteiger partial charge < -0.3 is 14.4 Å². The van der Waals surface area contributed by atoms with Gasteiger partial charge in [-0.25, -0.2) is 0 Å². The smallest absolute Gasteiger partial charge is 0.246 e. The third-order valence-corrected chi connectivity index (χ3v) is 3.70. The van der Waals surface area contributed by atoms with E-state index in [1.165, 1.54) is 6.08 Å². The van der Waals surface area contributed by atoms with Crippen LogP contribution in [0.15, 0.2) is 30.6 Å². The van der Waals surface area contributed by atoms with Gasteiger partial charge in [-0.15, -0.1) is 0 Å². The molecule has 6 nitrogen and oxygen atoms in total. The van der Waals surface area contributed by atoms with Crippen molar-refractivity contribution in [3.8, 4) is 11.5 Å². The second-order valence-corrected chi connectivity index (χ2v) is 5.69. The predicted octanol–water partition coefficient (Wildman–Crippen LogP) is 2.47. The fraction of sp³-hybridized carbons (Fsp3) is 0.250. The Hall–Kier alpha value is -2.47. The van der Waals surface area contributed by atoms with Gasteiger partial charge in [0.2, 0.25) is 12.7 Å². The average molecular weight is 334 g/mol. The summed E-state index contributed by atoms with van der Waals surface area (Å²) in [6.45, 7) is 0.661. The van der Waals surface area contributed by atoms with Gasteiger partial charge in [-0.2, -0.15) is 5.10 Å². The molecule has 23 heavy (non-hydrogen) atoms. The molecule has 2 aromatic rings. The molecule has 1 amide bonds. The second kappa shape index (κ2) is 6.34. The van der Waals surface area contributed by atoms with Crippen LogP contribution in [0.25, 0.3) is 6.08 Å². The van der Waals surface area contributed by atoms with Crippen molar-refractivity contribution < 1.29 is 14.3 Å². The van der Waals surface area contributed by atoms with Crippen molar-refractivity contribution in [2.24, 2.45) is 7.05 Å². The number of rotatable bonds is 4. The molecule has 2 heterocycles. The summed E-state index contributed by atoms with van der Waals surface area (Å²) in [5.41, 5.74) is 1.75. The van der Waals surface area contributed by atoms with Crippen LogP contribution in [0.2, 0.25) is 5.02 Å². The Bertz CT molecular complexity index is 770. The zero-order valence-electron chi connectivity index (χ0n) is 12.8. The van der Waals surface area contributed by atoms with Gasteiger partial charge in [-0.3, -0.25) is 9.48 Å². The number of likely N-dealkylation sites (N-methyl/N-ethyl adjacent to an activating group) is 1. The lowest BCUT2D eigenvalue weighted by atomic mass is 10.2. The van der Waals surface area contributed by atoms with Gasteiger partial charge in [0.15, 0.2) is 11.5 Å². The fourth-order valence-electron chi connectivity index (χ4n) is 2.28. The number of hydrogen-bond acceptors (Lipinski definition) is 4. The van der Waals surface area contributed by atoms with E-state index in [9.17, 15) is 4.79 Å². The maximum absolute atomic E-state index is 12.2. The molecule has 0 saturated heterocycles. The van der Waals surface area contributed by atoms with Crippen molar-refractivity contribution in [2.75, 3.05) is 13.8 Å². The maximum atomic E-state index is 12.2. The molecule has 1 aliphatic heterocycles. The summed E-state index contributed by atoms with van der Waals surface area (Å²) in [6.07, 6.45) is 6.83. The number of aryl methyl sites for hydroxylation is 1. The van der Waals surface area contributed by atoms with Gasteiger partial charge >= 0.3 is 0 Å². The summed E-state index contributed by atoms with van der Waals surface area (Å²) in [5.74, 6) is 1.03. The van der Waals surface area contributed by atoms with Crippen LogP contribution in [0.3, 0.4) is 0 Å². The number of carbonyl (C=O) groups is 1. The minimum absolute atomic E-state index is 0.109. The number of carbonyl (C=O) groups excluding carboxylic acids is 1. The molecule has 0 unspecified atom stereocenters. The molecular weight excluding hydrogens is 318 g/mol. The van der Waals surface area contributed by atoms with Crippen molar-refractivity contribution in [1.29, 1.82) is 0 Å². The van der Waals surface area contributed by atoms with Gasteiger partial charge in [0.25, 0.3) is 0 Å². The van der Waals surface area contributed by atoms with Crippen LogP contribution in [-0.4, -0.2) is 34.4 Å². The molecule has 0 aliphatic carbocycles. The van der Waals surface area contributed by atoms with Crippen molar-refractivity contribution in [2.45, 2.75) is 6.54 Å². The van der Waals surface area contributed by atoms with Crippen molar-refractivity contribution >= 4 is 23.6 Å². The standard InChI is InChI=1S/C16H16ClN3O3/c1-19(8-12-7-18-20(2)9-12)15(21)4-3-11-5-13(17)16-14(6-11)22-10-23-16/h3-7,9H,8,10H2,1-2H3. The third kappa shape index (κ3) is 3.48. The minimum atomic E-state index is -0.109. The van der Waals surface area contributed by atoms with Crippen LogP contribution in [0.4, 0.5) is 0 Å². The Kier molecular flexibility index (Phi) is 4.25. The van der Waals surface area contributed by atoms with Crippen molar-refractivity contribution in [1.82, 2.24) is 14.7 Å². The molecule has 0 saturated carbocycles. The number of fused-ring (bicyclic) bond motifs is 1. The summed E-state index contributed by atoms with van der Waals surface area (Å²) < 4.78 is 12.3. The molecule has 1 aromatic heterocycles. The van der Waals surface area contributed by atoms with Crippen molar-refractivity contribution in [3.63, 3.8) is 0 Å². The summed E-state index contributed by atoms with van der Waals surface area (Å²) in [4.78, 5) is 13.8. The topological polar surface area (TPSA) is 56.6 Å². The normalized spacial score (nSPS) is 12.8. The Labute approximate surface area is 138 Å². The fourth-order valence-corrected chi connectivity index (χ4v) is 2.56. The molecule has 0 atom stereocenters. The summed E-state index contributed by atoms with van der Waals surface area (Å²) in [6, 6.07) is 3.53. The zero-order valence-corrected chi connectivity index (χ0v) is 13.6. The van der Waals surface area contributed by atoms with E-state index < -0.39 is 0 Å². The molecule has 0 N–H and O–H groups in total. The van der Waals surface area contributed by atoms with Crippen LogP contribution in [0.5, 0.6) is 11.5 Å². The van der Waals surface area contributed by atoms with E-state index >= 15 is 0 Å². The van der Waals surface area contributed by atoms with Crippen LogP contribution < -0.4 is 9.47 Å². The van der Waals surface area contributed by atoms with Gasteiger partial charge in [0, 0.05) is 38.5 Å². The first kappa shape index (κ1) is 15.4.